The van der Waals surface area contributed by atoms with Gasteiger partial charge in [-0.2, -0.15) is 0 Å². The van der Waals surface area contributed by atoms with Gasteiger partial charge in [-0.1, -0.05) is 51.2 Å². The standard InChI is InChI=1S/C17H26N4/c1-3-4-5-6-7-10-13-18-16-12-9-8-11-15(16)17-20-19-14-21(17)2/h8-9,11-12,14,18H,3-7,10,13H2,1-2H3. The topological polar surface area (TPSA) is 42.7 Å². The lowest BCUT2D eigenvalue weighted by atomic mass is 10.1. The molecule has 0 saturated carbocycles. The Balaban J connectivity index is 1.85. The molecule has 2 rings (SSSR count). The molecule has 4 nitrogen and oxygen atoms in total. The van der Waals surface area contributed by atoms with Crippen LogP contribution in [0.4, 0.5) is 5.69 Å². The molecule has 1 aromatic heterocycles. The lowest BCUT2D eigenvalue weighted by Crippen LogP contribution is -2.04. The molecule has 0 saturated heterocycles. The Morgan fingerprint density at radius 1 is 1.05 bits per heavy atom. The maximum Gasteiger partial charge on any atom is 0.165 e. The maximum atomic E-state index is 4.20. The molecule has 4 heteroatoms. The average molecular weight is 286 g/mol. The fraction of sp³-hybridized carbons (Fsp3) is 0.529. The molecule has 0 aliphatic heterocycles. The summed E-state index contributed by atoms with van der Waals surface area (Å²) in [5.74, 6) is 0.904. The third kappa shape index (κ3) is 4.59. The predicted molar refractivity (Wildman–Crippen MR) is 88.3 cm³/mol. The molecule has 0 amide bonds. The Labute approximate surface area is 127 Å². The third-order valence-electron chi connectivity index (χ3n) is 3.73. The van der Waals surface area contributed by atoms with Gasteiger partial charge in [-0.05, 0) is 18.6 Å². The van der Waals surface area contributed by atoms with Gasteiger partial charge in [-0.25, -0.2) is 0 Å². The Kier molecular flexibility index (Phi) is 6.25. The second-order valence-corrected chi connectivity index (χ2v) is 5.51. The number of aryl methyl sites for hydroxylation is 1. The van der Waals surface area contributed by atoms with E-state index in [1.165, 1.54) is 38.5 Å². The lowest BCUT2D eigenvalue weighted by molar-refractivity contribution is 0.617. The summed E-state index contributed by atoms with van der Waals surface area (Å²) in [6.45, 7) is 3.27. The molecule has 0 aliphatic carbocycles. The van der Waals surface area contributed by atoms with Crippen molar-refractivity contribution in [1.29, 1.82) is 0 Å². The van der Waals surface area contributed by atoms with E-state index >= 15 is 0 Å². The highest BCUT2D eigenvalue weighted by Gasteiger charge is 2.08. The van der Waals surface area contributed by atoms with Gasteiger partial charge in [0.25, 0.3) is 0 Å². The first-order chi connectivity index (χ1) is 10.3. The van der Waals surface area contributed by atoms with E-state index in [0.29, 0.717) is 0 Å². The summed E-state index contributed by atoms with van der Waals surface area (Å²) in [5, 5.41) is 11.7. The molecular formula is C17H26N4. The van der Waals surface area contributed by atoms with Gasteiger partial charge in [-0.15, -0.1) is 10.2 Å². The summed E-state index contributed by atoms with van der Waals surface area (Å²) in [4.78, 5) is 0. The van der Waals surface area contributed by atoms with E-state index in [9.17, 15) is 0 Å². The zero-order valence-electron chi connectivity index (χ0n) is 13.2. The third-order valence-corrected chi connectivity index (χ3v) is 3.73. The van der Waals surface area contributed by atoms with Crippen LogP contribution >= 0.6 is 0 Å². The van der Waals surface area contributed by atoms with E-state index in [0.717, 1.165) is 23.6 Å². The van der Waals surface area contributed by atoms with Crippen LogP contribution in [0.25, 0.3) is 11.4 Å². The molecule has 0 radical (unpaired) electrons. The predicted octanol–water partition coefficient (Wildman–Crippen LogP) is 4.25. The van der Waals surface area contributed by atoms with Crippen molar-refractivity contribution in [2.45, 2.75) is 45.4 Å². The van der Waals surface area contributed by atoms with Gasteiger partial charge >= 0.3 is 0 Å². The van der Waals surface area contributed by atoms with Crippen LogP contribution < -0.4 is 5.32 Å². The van der Waals surface area contributed by atoms with E-state index in [4.69, 9.17) is 0 Å². The minimum atomic E-state index is 0.904. The monoisotopic (exact) mass is 286 g/mol. The molecule has 0 bridgehead atoms. The Bertz CT molecular complexity index is 533. The van der Waals surface area contributed by atoms with Gasteiger partial charge in [-0.3, -0.25) is 0 Å². The van der Waals surface area contributed by atoms with Crippen LogP contribution in [0.3, 0.4) is 0 Å². The molecule has 0 fully saturated rings. The SMILES string of the molecule is CCCCCCCCNc1ccccc1-c1nncn1C. The molecule has 0 spiro atoms. The first-order valence-corrected chi connectivity index (χ1v) is 8.00. The van der Waals surface area contributed by atoms with Crippen molar-refractivity contribution >= 4 is 5.69 Å². The molecular weight excluding hydrogens is 260 g/mol. The highest BCUT2D eigenvalue weighted by atomic mass is 15.2. The van der Waals surface area contributed by atoms with Gasteiger partial charge in [0.15, 0.2) is 5.82 Å². The van der Waals surface area contributed by atoms with Crippen molar-refractivity contribution < 1.29 is 0 Å². The van der Waals surface area contributed by atoms with E-state index in [1.54, 1.807) is 6.33 Å². The van der Waals surface area contributed by atoms with Crippen LogP contribution in [0.1, 0.15) is 45.4 Å². The van der Waals surface area contributed by atoms with Crippen LogP contribution in [0, 0.1) is 0 Å². The zero-order valence-corrected chi connectivity index (χ0v) is 13.2. The van der Waals surface area contributed by atoms with Crippen LogP contribution in [0.5, 0.6) is 0 Å². The van der Waals surface area contributed by atoms with E-state index in [1.807, 2.05) is 17.7 Å². The van der Waals surface area contributed by atoms with Gasteiger partial charge in [0.1, 0.15) is 6.33 Å². The largest absolute Gasteiger partial charge is 0.384 e. The number of anilines is 1. The quantitative estimate of drug-likeness (QED) is 0.701. The minimum absolute atomic E-state index is 0.904. The number of aromatic nitrogens is 3. The fourth-order valence-electron chi connectivity index (χ4n) is 2.49. The van der Waals surface area contributed by atoms with Gasteiger partial charge in [0.2, 0.25) is 0 Å². The summed E-state index contributed by atoms with van der Waals surface area (Å²) < 4.78 is 1.95. The summed E-state index contributed by atoms with van der Waals surface area (Å²) in [6, 6.07) is 8.30. The molecule has 21 heavy (non-hydrogen) atoms. The Morgan fingerprint density at radius 3 is 2.57 bits per heavy atom. The molecule has 1 aromatic carbocycles. The molecule has 0 unspecified atom stereocenters. The Hall–Kier alpha value is -1.84. The summed E-state index contributed by atoms with van der Waals surface area (Å²) in [6.07, 6.45) is 9.65. The van der Waals surface area contributed by atoms with Crippen molar-refractivity contribution in [2.24, 2.45) is 7.05 Å². The molecule has 1 N–H and O–H groups in total. The van der Waals surface area contributed by atoms with E-state index in [-0.39, 0.29) is 0 Å². The lowest BCUT2D eigenvalue weighted by Gasteiger charge is -2.11. The number of hydrogen-bond acceptors (Lipinski definition) is 3. The normalized spacial score (nSPS) is 10.8. The maximum absolute atomic E-state index is 4.20. The first kappa shape index (κ1) is 15.5. The number of nitrogens with one attached hydrogen (secondary N) is 1. The molecule has 2 aromatic rings. The highest BCUT2D eigenvalue weighted by molar-refractivity contribution is 5.73. The van der Waals surface area contributed by atoms with E-state index < -0.39 is 0 Å². The van der Waals surface area contributed by atoms with Crippen molar-refractivity contribution in [3.05, 3.63) is 30.6 Å². The highest BCUT2D eigenvalue weighted by Crippen LogP contribution is 2.25. The summed E-state index contributed by atoms with van der Waals surface area (Å²) in [5.41, 5.74) is 2.26. The molecule has 0 aliphatic rings. The molecule has 1 heterocycles. The summed E-state index contributed by atoms with van der Waals surface area (Å²) >= 11 is 0. The zero-order chi connectivity index (χ0) is 14.9. The van der Waals surface area contributed by atoms with Crippen molar-refractivity contribution in [2.75, 3.05) is 11.9 Å². The minimum Gasteiger partial charge on any atom is -0.384 e. The number of para-hydroxylation sites is 1. The van der Waals surface area contributed by atoms with Crippen LogP contribution in [0.2, 0.25) is 0 Å². The van der Waals surface area contributed by atoms with Crippen molar-refractivity contribution in [3.8, 4) is 11.4 Å². The Morgan fingerprint density at radius 2 is 1.81 bits per heavy atom. The van der Waals surface area contributed by atoms with Crippen LogP contribution in [0.15, 0.2) is 30.6 Å². The molecule has 0 atom stereocenters. The van der Waals surface area contributed by atoms with Gasteiger partial charge in [0.05, 0.1) is 0 Å². The number of hydrogen-bond donors (Lipinski definition) is 1. The first-order valence-electron chi connectivity index (χ1n) is 8.00. The van der Waals surface area contributed by atoms with Crippen molar-refractivity contribution in [3.63, 3.8) is 0 Å². The second-order valence-electron chi connectivity index (χ2n) is 5.51. The molecule has 114 valence electrons. The van der Waals surface area contributed by atoms with E-state index in [2.05, 4.69) is 40.6 Å². The van der Waals surface area contributed by atoms with Crippen molar-refractivity contribution in [1.82, 2.24) is 14.8 Å². The van der Waals surface area contributed by atoms with Crippen LogP contribution in [-0.4, -0.2) is 21.3 Å². The smallest absolute Gasteiger partial charge is 0.165 e. The fourth-order valence-corrected chi connectivity index (χ4v) is 2.49. The van der Waals surface area contributed by atoms with Gasteiger partial charge in [0, 0.05) is 24.8 Å². The number of nitrogens with zero attached hydrogens (tertiary/aromatic N) is 3. The number of benzene rings is 1. The van der Waals surface area contributed by atoms with Crippen LogP contribution in [-0.2, 0) is 7.05 Å². The average Bonchev–Trinajstić information content (AvgIpc) is 2.93. The summed E-state index contributed by atoms with van der Waals surface area (Å²) in [7, 11) is 1.97. The second kappa shape index (κ2) is 8.45. The number of unbranched alkanes of at least 4 members (excludes halogenated alkanes) is 5. The number of rotatable bonds is 9. The van der Waals surface area contributed by atoms with Gasteiger partial charge < -0.3 is 9.88 Å².